The van der Waals surface area contributed by atoms with Crippen molar-refractivity contribution in [3.63, 3.8) is 0 Å². The van der Waals surface area contributed by atoms with E-state index in [4.69, 9.17) is 16.3 Å². The van der Waals surface area contributed by atoms with Gasteiger partial charge in [0, 0.05) is 10.6 Å². The second kappa shape index (κ2) is 10.7. The highest BCUT2D eigenvalue weighted by Crippen LogP contribution is 2.26. The number of hydrogen-bond acceptors (Lipinski definition) is 5. The summed E-state index contributed by atoms with van der Waals surface area (Å²) in [4.78, 5) is 24.3. The Bertz CT molecular complexity index is 1080. The third-order valence-corrected chi connectivity index (χ3v) is 6.81. The summed E-state index contributed by atoms with van der Waals surface area (Å²) in [5.41, 5.74) is -0.00547. The van der Waals surface area contributed by atoms with Gasteiger partial charge in [-0.15, -0.1) is 6.58 Å². The predicted octanol–water partition coefficient (Wildman–Crippen LogP) is 4.18. The zero-order valence-corrected chi connectivity index (χ0v) is 19.9. The number of anilines is 1. The number of nitrogens with zero attached hydrogens (tertiary/aromatic N) is 1. The monoisotopic (exact) mass is 478 g/mol. The van der Waals surface area contributed by atoms with Crippen LogP contribution in [0.3, 0.4) is 0 Å². The van der Waals surface area contributed by atoms with Gasteiger partial charge in [0.1, 0.15) is 0 Å². The minimum atomic E-state index is -4.01. The minimum absolute atomic E-state index is 0.0169. The average Bonchev–Trinajstić information content (AvgIpc) is 2.76. The minimum Gasteiger partial charge on any atom is -0.452 e. The van der Waals surface area contributed by atoms with Gasteiger partial charge < -0.3 is 10.1 Å². The van der Waals surface area contributed by atoms with Crippen molar-refractivity contribution < 1.29 is 22.7 Å². The topological polar surface area (TPSA) is 92.8 Å². The lowest BCUT2D eigenvalue weighted by molar-refractivity contribution is -0.125. The van der Waals surface area contributed by atoms with Gasteiger partial charge in [-0.1, -0.05) is 30.7 Å². The van der Waals surface area contributed by atoms with Gasteiger partial charge in [-0.05, 0) is 62.7 Å². The number of nitrogens with one attached hydrogen (secondary N) is 1. The summed E-state index contributed by atoms with van der Waals surface area (Å²) in [7, 11) is -4.01. The molecule has 0 saturated carbocycles. The molecule has 2 rings (SSSR count). The van der Waals surface area contributed by atoms with E-state index in [0.717, 1.165) is 4.31 Å². The Labute approximate surface area is 194 Å². The molecule has 0 spiro atoms. The van der Waals surface area contributed by atoms with Crippen LogP contribution in [0.2, 0.25) is 5.02 Å². The molecule has 1 amide bonds. The van der Waals surface area contributed by atoms with Gasteiger partial charge in [-0.3, -0.25) is 9.10 Å². The highest BCUT2D eigenvalue weighted by molar-refractivity contribution is 7.92. The second-order valence-electron chi connectivity index (χ2n) is 7.69. The lowest BCUT2D eigenvalue weighted by Crippen LogP contribution is -2.44. The van der Waals surface area contributed by atoms with Crippen LogP contribution in [0.1, 0.15) is 37.6 Å². The molecule has 2 aromatic carbocycles. The van der Waals surface area contributed by atoms with E-state index in [9.17, 15) is 18.0 Å². The summed E-state index contributed by atoms with van der Waals surface area (Å²) >= 11 is 5.91. The smallest absolute Gasteiger partial charge is 0.338 e. The van der Waals surface area contributed by atoms with Gasteiger partial charge in [-0.25, -0.2) is 13.2 Å². The molecule has 9 heteroatoms. The van der Waals surface area contributed by atoms with E-state index in [1.54, 1.807) is 24.3 Å². The number of halogens is 1. The Morgan fingerprint density at radius 1 is 1.19 bits per heavy atom. The fourth-order valence-electron chi connectivity index (χ4n) is 2.69. The SMILES string of the molecule is C=CCN(c1ccc(Cl)cc1)S(=O)(=O)c1cccc(C(=O)OCC(=O)NC(C)(C)CC)c1. The summed E-state index contributed by atoms with van der Waals surface area (Å²) in [6.45, 7) is 8.82. The van der Waals surface area contributed by atoms with Crippen LogP contribution < -0.4 is 9.62 Å². The van der Waals surface area contributed by atoms with Gasteiger partial charge in [0.15, 0.2) is 6.61 Å². The molecule has 172 valence electrons. The fourth-order valence-corrected chi connectivity index (χ4v) is 4.30. The number of esters is 1. The molecular formula is C23H27ClN2O5S. The van der Waals surface area contributed by atoms with Crippen LogP contribution in [-0.4, -0.2) is 39.0 Å². The summed E-state index contributed by atoms with van der Waals surface area (Å²) < 4.78 is 32.8. The number of sulfonamides is 1. The molecule has 7 nitrogen and oxygen atoms in total. The first-order valence-electron chi connectivity index (χ1n) is 9.97. The lowest BCUT2D eigenvalue weighted by Gasteiger charge is -2.24. The van der Waals surface area contributed by atoms with Crippen molar-refractivity contribution in [3.8, 4) is 0 Å². The number of amides is 1. The second-order valence-corrected chi connectivity index (χ2v) is 9.99. The number of hydrogen-bond donors (Lipinski definition) is 1. The summed E-state index contributed by atoms with van der Waals surface area (Å²) in [5, 5.41) is 3.23. The van der Waals surface area contributed by atoms with E-state index >= 15 is 0 Å². The van der Waals surface area contributed by atoms with Crippen molar-refractivity contribution >= 4 is 39.2 Å². The Balaban J connectivity index is 2.22. The Morgan fingerprint density at radius 2 is 1.84 bits per heavy atom. The van der Waals surface area contributed by atoms with Crippen LogP contribution in [0.4, 0.5) is 5.69 Å². The number of benzene rings is 2. The van der Waals surface area contributed by atoms with Crippen LogP contribution in [0.5, 0.6) is 0 Å². The van der Waals surface area contributed by atoms with Crippen LogP contribution in [0, 0.1) is 0 Å². The zero-order valence-electron chi connectivity index (χ0n) is 18.3. The number of carbonyl (C=O) groups is 2. The highest BCUT2D eigenvalue weighted by atomic mass is 35.5. The molecule has 0 aliphatic heterocycles. The van der Waals surface area contributed by atoms with Crippen molar-refractivity contribution in [1.82, 2.24) is 5.32 Å². The summed E-state index contributed by atoms with van der Waals surface area (Å²) in [5.74, 6) is -1.23. The molecule has 0 fully saturated rings. The normalized spacial score (nSPS) is 11.5. The first kappa shape index (κ1) is 25.4. The number of ether oxygens (including phenoxy) is 1. The zero-order chi connectivity index (χ0) is 23.9. The molecule has 0 bridgehead atoms. The van der Waals surface area contributed by atoms with Crippen molar-refractivity contribution in [2.24, 2.45) is 0 Å². The Hall–Kier alpha value is -2.84. The first-order chi connectivity index (χ1) is 15.0. The average molecular weight is 479 g/mol. The molecule has 0 heterocycles. The van der Waals surface area contributed by atoms with Crippen LogP contribution in [0.25, 0.3) is 0 Å². The molecular weight excluding hydrogens is 452 g/mol. The fraction of sp³-hybridized carbons (Fsp3) is 0.304. The van der Waals surface area contributed by atoms with Crippen molar-refractivity contribution in [1.29, 1.82) is 0 Å². The molecule has 1 N–H and O–H groups in total. The summed E-state index contributed by atoms with van der Waals surface area (Å²) in [6, 6.07) is 11.8. The van der Waals surface area contributed by atoms with Crippen molar-refractivity contribution in [2.75, 3.05) is 17.5 Å². The molecule has 0 unspecified atom stereocenters. The largest absolute Gasteiger partial charge is 0.452 e. The van der Waals surface area contributed by atoms with Gasteiger partial charge in [0.25, 0.3) is 15.9 Å². The van der Waals surface area contributed by atoms with E-state index < -0.39 is 34.0 Å². The quantitative estimate of drug-likeness (QED) is 0.408. The third-order valence-electron chi connectivity index (χ3n) is 4.76. The van der Waals surface area contributed by atoms with Crippen molar-refractivity contribution in [2.45, 2.75) is 37.6 Å². The van der Waals surface area contributed by atoms with E-state index in [2.05, 4.69) is 11.9 Å². The lowest BCUT2D eigenvalue weighted by atomic mass is 10.0. The summed E-state index contributed by atoms with van der Waals surface area (Å²) in [6.07, 6.45) is 2.17. The molecule has 0 aliphatic rings. The van der Waals surface area contributed by atoms with E-state index in [-0.39, 0.29) is 17.0 Å². The molecule has 0 saturated heterocycles. The first-order valence-corrected chi connectivity index (χ1v) is 11.8. The van der Waals surface area contributed by atoms with E-state index in [1.165, 1.54) is 30.3 Å². The number of carbonyl (C=O) groups excluding carboxylic acids is 2. The van der Waals surface area contributed by atoms with Gasteiger partial charge in [0.2, 0.25) is 0 Å². The third kappa shape index (κ3) is 6.58. The highest BCUT2D eigenvalue weighted by Gasteiger charge is 2.25. The van der Waals surface area contributed by atoms with Crippen LogP contribution in [-0.2, 0) is 19.6 Å². The molecule has 0 aliphatic carbocycles. The molecule has 0 atom stereocenters. The maximum Gasteiger partial charge on any atom is 0.338 e. The van der Waals surface area contributed by atoms with Crippen molar-refractivity contribution in [3.05, 3.63) is 71.8 Å². The maximum absolute atomic E-state index is 13.3. The van der Waals surface area contributed by atoms with E-state index in [0.29, 0.717) is 17.1 Å². The van der Waals surface area contributed by atoms with E-state index in [1.807, 2.05) is 20.8 Å². The van der Waals surface area contributed by atoms with Crippen LogP contribution >= 0.6 is 11.6 Å². The molecule has 32 heavy (non-hydrogen) atoms. The molecule has 2 aromatic rings. The Kier molecular flexibility index (Phi) is 8.46. The van der Waals surface area contributed by atoms with Gasteiger partial charge in [0.05, 0.1) is 22.7 Å². The predicted molar refractivity (Wildman–Crippen MR) is 125 cm³/mol. The number of rotatable bonds is 10. The Morgan fingerprint density at radius 3 is 2.44 bits per heavy atom. The standard InChI is InChI=1S/C23H27ClN2O5S/c1-5-14-26(19-12-10-18(24)11-13-19)32(29,30)20-9-7-8-17(15-20)22(28)31-16-21(27)25-23(3,4)6-2/h5,7-13,15H,1,6,14,16H2,2-4H3,(H,25,27). The van der Waals surface area contributed by atoms with Gasteiger partial charge >= 0.3 is 5.97 Å². The molecule has 0 radical (unpaired) electrons. The van der Waals surface area contributed by atoms with Crippen LogP contribution in [0.15, 0.2) is 66.1 Å². The maximum atomic E-state index is 13.3. The molecule has 0 aromatic heterocycles. The van der Waals surface area contributed by atoms with Gasteiger partial charge in [-0.2, -0.15) is 0 Å².